The van der Waals surface area contributed by atoms with Crippen molar-refractivity contribution in [3.63, 3.8) is 0 Å². The third-order valence-corrected chi connectivity index (χ3v) is 6.30. The highest BCUT2D eigenvalue weighted by Gasteiger charge is 2.71. The predicted octanol–water partition coefficient (Wildman–Crippen LogP) is 2.07. The maximum absolute atomic E-state index is 11.7. The lowest BCUT2D eigenvalue weighted by molar-refractivity contribution is -0.236. The van der Waals surface area contributed by atoms with Crippen LogP contribution in [-0.2, 0) is 19.0 Å². The second-order valence-electron chi connectivity index (χ2n) is 8.92. The van der Waals surface area contributed by atoms with Gasteiger partial charge < -0.3 is 33.6 Å². The van der Waals surface area contributed by atoms with Crippen molar-refractivity contribution in [3.05, 3.63) is 58.2 Å². The van der Waals surface area contributed by atoms with E-state index >= 15 is 0 Å². The van der Waals surface area contributed by atoms with E-state index in [0.717, 1.165) is 0 Å². The van der Waals surface area contributed by atoms with Gasteiger partial charge in [-0.1, -0.05) is 30.4 Å². The number of hydrogen-bond acceptors (Lipinski definition) is 9. The Hall–Kier alpha value is -2.72. The van der Waals surface area contributed by atoms with Gasteiger partial charge in [0.25, 0.3) is 0 Å². The molecule has 186 valence electrons. The van der Waals surface area contributed by atoms with Crippen LogP contribution < -0.4 is 10.4 Å². The van der Waals surface area contributed by atoms with Crippen molar-refractivity contribution in [2.75, 3.05) is 7.11 Å². The van der Waals surface area contributed by atoms with Crippen molar-refractivity contribution in [3.8, 4) is 5.75 Å². The SMILES string of the molecule is COc1cc(=O)oc(C=CC=CC=C[C@@H]2O[C@]3(C)[C@@H](OC(C)=O)[C@@](C)(O[C@@H]3[C@H](C)O)[C@H]2O)c1C. The van der Waals surface area contributed by atoms with Gasteiger partial charge in [0.05, 0.1) is 19.3 Å². The molecule has 0 saturated carbocycles. The van der Waals surface area contributed by atoms with Crippen LogP contribution in [0.15, 0.2) is 45.7 Å². The molecule has 0 radical (unpaired) electrons. The zero-order valence-corrected chi connectivity index (χ0v) is 20.2. The van der Waals surface area contributed by atoms with Gasteiger partial charge in [0, 0.05) is 12.5 Å². The van der Waals surface area contributed by atoms with Crippen LogP contribution in [-0.4, -0.2) is 65.0 Å². The second kappa shape index (κ2) is 9.87. The third kappa shape index (κ3) is 4.74. The van der Waals surface area contributed by atoms with Crippen LogP contribution in [0.5, 0.6) is 5.75 Å². The number of ether oxygens (including phenoxy) is 4. The van der Waals surface area contributed by atoms with E-state index in [1.165, 1.54) is 20.1 Å². The van der Waals surface area contributed by atoms with Gasteiger partial charge in [-0.15, -0.1) is 0 Å². The van der Waals surface area contributed by atoms with Gasteiger partial charge in [0.15, 0.2) is 6.10 Å². The zero-order valence-electron chi connectivity index (χ0n) is 20.2. The van der Waals surface area contributed by atoms with Crippen LogP contribution in [0.2, 0.25) is 0 Å². The van der Waals surface area contributed by atoms with Gasteiger partial charge in [-0.25, -0.2) is 4.79 Å². The maximum atomic E-state index is 11.7. The van der Waals surface area contributed by atoms with Crippen LogP contribution in [0.1, 0.15) is 39.0 Å². The number of rotatable bonds is 7. The molecule has 0 unspecified atom stereocenters. The molecule has 2 aliphatic rings. The van der Waals surface area contributed by atoms with Crippen LogP contribution in [0.25, 0.3) is 6.08 Å². The fraction of sp³-hybridized carbons (Fsp3) is 0.520. The lowest BCUT2D eigenvalue weighted by Gasteiger charge is -2.47. The standard InChI is InChI=1S/C25H32O9/c1-14-17(32-20(28)13-19(14)30-6)11-9-7-8-10-12-18-21(29)24(4)23(31-16(3)27)25(5,33-18)22(34-24)15(2)26/h7-13,15,18,21-23,26,29H,1-6H3/t15-,18-,21-,22+,23-,24-,25-/m0/s1. The molecule has 9 heteroatoms. The Labute approximate surface area is 198 Å². The topological polar surface area (TPSA) is 125 Å². The molecule has 0 amide bonds. The Morgan fingerprint density at radius 1 is 1.18 bits per heavy atom. The number of carbonyl (C=O) groups excluding carboxylic acids is 1. The van der Waals surface area contributed by atoms with Crippen molar-refractivity contribution in [2.45, 2.75) is 76.3 Å². The average molecular weight is 477 g/mol. The van der Waals surface area contributed by atoms with E-state index in [2.05, 4.69) is 0 Å². The zero-order chi connectivity index (χ0) is 25.3. The van der Waals surface area contributed by atoms with E-state index in [9.17, 15) is 19.8 Å². The summed E-state index contributed by atoms with van der Waals surface area (Å²) >= 11 is 0. The van der Waals surface area contributed by atoms with Gasteiger partial charge in [0.1, 0.15) is 41.0 Å². The van der Waals surface area contributed by atoms with Crippen LogP contribution in [0, 0.1) is 6.92 Å². The molecule has 0 aliphatic carbocycles. The minimum atomic E-state index is -1.26. The van der Waals surface area contributed by atoms with Crippen LogP contribution in [0.4, 0.5) is 0 Å². The molecule has 2 aliphatic heterocycles. The van der Waals surface area contributed by atoms with Crippen LogP contribution >= 0.6 is 0 Å². The normalized spacial score (nSPS) is 34.2. The number of aliphatic hydroxyl groups is 2. The fourth-order valence-corrected chi connectivity index (χ4v) is 4.70. The van der Waals surface area contributed by atoms with E-state index in [1.807, 2.05) is 0 Å². The molecule has 1 aromatic rings. The van der Waals surface area contributed by atoms with Crippen molar-refractivity contribution >= 4 is 12.0 Å². The first kappa shape index (κ1) is 25.9. The first-order valence-corrected chi connectivity index (χ1v) is 11.0. The highest BCUT2D eigenvalue weighted by atomic mass is 16.7. The molecule has 2 fully saturated rings. The quantitative estimate of drug-likeness (QED) is 0.449. The molecule has 1 aromatic heterocycles. The fourth-order valence-electron chi connectivity index (χ4n) is 4.70. The summed E-state index contributed by atoms with van der Waals surface area (Å²) in [5.41, 5.74) is -2.22. The third-order valence-electron chi connectivity index (χ3n) is 6.30. The number of allylic oxidation sites excluding steroid dienone is 4. The Bertz CT molecular complexity index is 1050. The monoisotopic (exact) mass is 476 g/mol. The molecule has 2 saturated heterocycles. The largest absolute Gasteiger partial charge is 0.496 e. The minimum absolute atomic E-state index is 0.388. The molecule has 0 aromatic carbocycles. The maximum Gasteiger partial charge on any atom is 0.339 e. The number of carbonyl (C=O) groups is 1. The highest BCUT2D eigenvalue weighted by molar-refractivity contribution is 5.66. The smallest absolute Gasteiger partial charge is 0.339 e. The predicted molar refractivity (Wildman–Crippen MR) is 123 cm³/mol. The molecule has 34 heavy (non-hydrogen) atoms. The highest BCUT2D eigenvalue weighted by Crippen LogP contribution is 2.51. The van der Waals surface area contributed by atoms with E-state index < -0.39 is 53.3 Å². The molecular formula is C25H32O9. The van der Waals surface area contributed by atoms with E-state index in [0.29, 0.717) is 17.1 Å². The van der Waals surface area contributed by atoms with Crippen molar-refractivity contribution in [1.29, 1.82) is 0 Å². The number of fused-ring (bicyclic) bond motifs is 2. The van der Waals surface area contributed by atoms with Crippen molar-refractivity contribution < 1.29 is 38.4 Å². The summed E-state index contributed by atoms with van der Waals surface area (Å²) in [5.74, 6) is 0.308. The van der Waals surface area contributed by atoms with Crippen molar-refractivity contribution in [2.24, 2.45) is 0 Å². The minimum Gasteiger partial charge on any atom is -0.496 e. The molecule has 2 bridgehead atoms. The Balaban J connectivity index is 1.76. The molecule has 3 heterocycles. The van der Waals surface area contributed by atoms with Crippen molar-refractivity contribution in [1.82, 2.24) is 0 Å². The first-order valence-electron chi connectivity index (χ1n) is 11.0. The Kier molecular flexibility index (Phi) is 7.52. The number of aliphatic hydroxyl groups excluding tert-OH is 2. The summed E-state index contributed by atoms with van der Waals surface area (Å²) in [4.78, 5) is 23.3. The first-order chi connectivity index (χ1) is 15.9. The average Bonchev–Trinajstić information content (AvgIpc) is 2.93. The molecular weight excluding hydrogens is 444 g/mol. The Morgan fingerprint density at radius 2 is 1.85 bits per heavy atom. The van der Waals surface area contributed by atoms with Crippen LogP contribution in [0.3, 0.4) is 0 Å². The second-order valence-corrected chi connectivity index (χ2v) is 8.92. The van der Waals surface area contributed by atoms with E-state index in [4.69, 9.17) is 23.4 Å². The Morgan fingerprint density at radius 3 is 2.47 bits per heavy atom. The summed E-state index contributed by atoms with van der Waals surface area (Å²) < 4.78 is 28.0. The number of hydrogen-bond donors (Lipinski definition) is 2. The summed E-state index contributed by atoms with van der Waals surface area (Å²) in [7, 11) is 1.48. The van der Waals surface area contributed by atoms with Gasteiger partial charge in [-0.05, 0) is 33.8 Å². The van der Waals surface area contributed by atoms with E-state index in [1.54, 1.807) is 64.2 Å². The van der Waals surface area contributed by atoms with Gasteiger partial charge in [0.2, 0.25) is 0 Å². The molecule has 9 nitrogen and oxygen atoms in total. The molecule has 0 spiro atoms. The molecule has 7 atom stereocenters. The summed E-state index contributed by atoms with van der Waals surface area (Å²) in [6, 6.07) is 1.28. The lowest BCUT2D eigenvalue weighted by Crippen LogP contribution is -2.66. The van der Waals surface area contributed by atoms with Gasteiger partial charge in [-0.2, -0.15) is 0 Å². The molecule has 2 N–H and O–H groups in total. The van der Waals surface area contributed by atoms with Gasteiger partial charge >= 0.3 is 11.6 Å². The lowest BCUT2D eigenvalue weighted by atomic mass is 9.77. The van der Waals surface area contributed by atoms with Gasteiger partial charge in [-0.3, -0.25) is 4.79 Å². The summed E-state index contributed by atoms with van der Waals surface area (Å²) in [6.45, 7) is 7.98. The number of methoxy groups -OCH3 is 1. The summed E-state index contributed by atoms with van der Waals surface area (Å²) in [6.07, 6.45) is 5.63. The number of esters is 1. The van der Waals surface area contributed by atoms with E-state index in [-0.39, 0.29) is 0 Å². The molecule has 3 rings (SSSR count). The summed E-state index contributed by atoms with van der Waals surface area (Å²) in [5, 5.41) is 21.2.